The maximum Gasteiger partial charge on any atom is 0.213 e. The van der Waals surface area contributed by atoms with Crippen LogP contribution >= 0.6 is 11.3 Å². The van der Waals surface area contributed by atoms with E-state index in [-0.39, 0.29) is 29.1 Å². The molecule has 5 rings (SSSR count). The number of thiophene rings is 1. The molecule has 1 aliphatic rings. The maximum absolute atomic E-state index is 13.7. The fourth-order valence-corrected chi connectivity index (χ4v) is 6.93. The molecule has 4 aromatic rings. The number of aromatic hydroxyl groups is 2. The van der Waals surface area contributed by atoms with Gasteiger partial charge >= 0.3 is 0 Å². The van der Waals surface area contributed by atoms with Crippen molar-refractivity contribution in [2.45, 2.75) is 25.9 Å². The molecule has 1 aliphatic heterocycles. The van der Waals surface area contributed by atoms with E-state index >= 15 is 0 Å². The van der Waals surface area contributed by atoms with Crippen molar-refractivity contribution in [1.82, 2.24) is 4.31 Å². The van der Waals surface area contributed by atoms with E-state index in [0.717, 1.165) is 20.5 Å². The molecule has 1 saturated heterocycles. The van der Waals surface area contributed by atoms with Crippen molar-refractivity contribution < 1.29 is 28.2 Å². The number of hydrogen-bond donors (Lipinski definition) is 2. The minimum atomic E-state index is -3.18. The Morgan fingerprint density at radius 2 is 1.62 bits per heavy atom. The lowest BCUT2D eigenvalue weighted by Gasteiger charge is -2.31. The molecule has 192 valence electrons. The summed E-state index contributed by atoms with van der Waals surface area (Å²) in [7, 11) is -3.18. The van der Waals surface area contributed by atoms with Crippen LogP contribution in [0.5, 0.6) is 17.2 Å². The largest absolute Gasteiger partial charge is 0.508 e. The summed E-state index contributed by atoms with van der Waals surface area (Å²) in [6.07, 6.45) is 1.15. The lowest BCUT2D eigenvalue weighted by molar-refractivity contribution is 0.104. The van der Waals surface area contributed by atoms with E-state index < -0.39 is 10.0 Å². The van der Waals surface area contributed by atoms with Crippen LogP contribution in [-0.2, 0) is 10.0 Å². The molecule has 0 radical (unpaired) electrons. The second-order valence-electron chi connectivity index (χ2n) is 9.00. The summed E-state index contributed by atoms with van der Waals surface area (Å²) < 4.78 is 32.5. The zero-order chi connectivity index (χ0) is 26.2. The highest BCUT2D eigenvalue weighted by Gasteiger charge is 2.28. The molecular formula is C28H27NO6S2. The molecule has 9 heteroatoms. The lowest BCUT2D eigenvalue weighted by Crippen LogP contribution is -2.42. The maximum atomic E-state index is 13.7. The van der Waals surface area contributed by atoms with E-state index in [0.29, 0.717) is 42.8 Å². The number of benzene rings is 3. The molecule has 0 aliphatic carbocycles. The second kappa shape index (κ2) is 10.2. The van der Waals surface area contributed by atoms with Crippen molar-refractivity contribution in [2.75, 3.05) is 18.8 Å². The fourth-order valence-electron chi connectivity index (χ4n) is 4.56. The van der Waals surface area contributed by atoms with Gasteiger partial charge in [-0.3, -0.25) is 4.79 Å². The molecule has 0 unspecified atom stereocenters. The quantitative estimate of drug-likeness (QED) is 0.306. The number of phenolic OH excluding ortho intramolecular Hbond substituents is 2. The first-order valence-electron chi connectivity index (χ1n) is 12.1. The van der Waals surface area contributed by atoms with Crippen LogP contribution in [-0.4, -0.2) is 53.7 Å². The first kappa shape index (κ1) is 25.3. The van der Waals surface area contributed by atoms with Crippen LogP contribution in [0.1, 0.15) is 35.7 Å². The smallest absolute Gasteiger partial charge is 0.213 e. The van der Waals surface area contributed by atoms with E-state index in [1.165, 1.54) is 15.6 Å². The summed E-state index contributed by atoms with van der Waals surface area (Å²) in [5.74, 6) is 0.855. The Balaban J connectivity index is 1.38. The standard InChI is InChI=1S/C28H27NO6S2/c1-2-37(33,34)29-15-13-23(14-16-29)35-22-10-5-18(6-11-22)27(32)26-24-12-9-21(31)17-25(24)36-28(26)19-3-7-20(30)8-4-19/h3-12,17,23,30-31H,2,13-16H2,1H3. The predicted octanol–water partition coefficient (Wildman–Crippen LogP) is 5.40. The monoisotopic (exact) mass is 537 g/mol. The van der Waals surface area contributed by atoms with Gasteiger partial charge in [0.25, 0.3) is 0 Å². The molecule has 0 amide bonds. The van der Waals surface area contributed by atoms with E-state index in [4.69, 9.17) is 4.74 Å². The SMILES string of the molecule is CCS(=O)(=O)N1CCC(Oc2ccc(C(=O)c3c(-c4ccc(O)cc4)sc4cc(O)ccc34)cc2)CC1. The van der Waals surface area contributed by atoms with Gasteiger partial charge in [0.05, 0.1) is 5.75 Å². The highest BCUT2D eigenvalue weighted by atomic mass is 32.2. The van der Waals surface area contributed by atoms with Gasteiger partial charge in [-0.15, -0.1) is 11.3 Å². The summed E-state index contributed by atoms with van der Waals surface area (Å²) in [6.45, 7) is 2.54. The lowest BCUT2D eigenvalue weighted by atomic mass is 9.97. The van der Waals surface area contributed by atoms with Crippen molar-refractivity contribution in [3.63, 3.8) is 0 Å². The van der Waals surface area contributed by atoms with Gasteiger partial charge in [-0.05, 0) is 92.1 Å². The molecule has 0 atom stereocenters. The van der Waals surface area contributed by atoms with Gasteiger partial charge in [0, 0.05) is 39.2 Å². The fraction of sp³-hybridized carbons (Fsp3) is 0.250. The van der Waals surface area contributed by atoms with Crippen LogP contribution in [0.2, 0.25) is 0 Å². The Hall–Kier alpha value is -3.40. The average Bonchev–Trinajstić information content (AvgIpc) is 3.28. The minimum Gasteiger partial charge on any atom is -0.508 e. The van der Waals surface area contributed by atoms with Crippen molar-refractivity contribution in [3.8, 4) is 27.7 Å². The number of ether oxygens (including phenoxy) is 1. The van der Waals surface area contributed by atoms with Crippen molar-refractivity contribution in [2.24, 2.45) is 0 Å². The van der Waals surface area contributed by atoms with Gasteiger partial charge in [-0.25, -0.2) is 12.7 Å². The van der Waals surface area contributed by atoms with Crippen molar-refractivity contribution in [3.05, 3.63) is 77.9 Å². The molecular weight excluding hydrogens is 510 g/mol. The topological polar surface area (TPSA) is 104 Å². The molecule has 0 spiro atoms. The van der Waals surface area contributed by atoms with Gasteiger partial charge in [0.2, 0.25) is 10.0 Å². The van der Waals surface area contributed by atoms with Gasteiger partial charge in [0.1, 0.15) is 23.4 Å². The third-order valence-corrected chi connectivity index (χ3v) is 9.69. The van der Waals surface area contributed by atoms with Crippen LogP contribution in [0.15, 0.2) is 66.7 Å². The normalized spacial score (nSPS) is 15.2. The van der Waals surface area contributed by atoms with Gasteiger partial charge < -0.3 is 14.9 Å². The third-order valence-electron chi connectivity index (χ3n) is 6.61. The number of rotatable bonds is 7. The molecule has 2 heterocycles. The minimum absolute atomic E-state index is 0.0838. The highest BCUT2D eigenvalue weighted by Crippen LogP contribution is 2.41. The molecule has 0 saturated carbocycles. The van der Waals surface area contributed by atoms with Crippen LogP contribution in [0.25, 0.3) is 20.5 Å². The third kappa shape index (κ3) is 5.20. The highest BCUT2D eigenvalue weighted by molar-refractivity contribution is 7.89. The van der Waals surface area contributed by atoms with Crippen molar-refractivity contribution in [1.29, 1.82) is 0 Å². The van der Waals surface area contributed by atoms with Gasteiger partial charge in [-0.2, -0.15) is 0 Å². The number of carbonyl (C=O) groups excluding carboxylic acids is 1. The number of ketones is 1. The summed E-state index contributed by atoms with van der Waals surface area (Å²) in [4.78, 5) is 14.5. The number of fused-ring (bicyclic) bond motifs is 1. The van der Waals surface area contributed by atoms with Crippen LogP contribution in [0.4, 0.5) is 0 Å². The Morgan fingerprint density at radius 3 is 2.27 bits per heavy atom. The van der Waals surface area contributed by atoms with Gasteiger partial charge in [-0.1, -0.05) is 0 Å². The van der Waals surface area contributed by atoms with E-state index in [2.05, 4.69) is 0 Å². The van der Waals surface area contributed by atoms with Gasteiger partial charge in [0.15, 0.2) is 5.78 Å². The number of piperidine rings is 1. The number of phenols is 2. The van der Waals surface area contributed by atoms with Crippen LogP contribution < -0.4 is 4.74 Å². The van der Waals surface area contributed by atoms with E-state index in [9.17, 15) is 23.4 Å². The summed E-state index contributed by atoms with van der Waals surface area (Å²) in [5.41, 5.74) is 1.85. The average molecular weight is 538 g/mol. The number of carbonyl (C=O) groups is 1. The molecule has 37 heavy (non-hydrogen) atoms. The zero-order valence-electron chi connectivity index (χ0n) is 20.3. The van der Waals surface area contributed by atoms with Crippen molar-refractivity contribution >= 4 is 37.2 Å². The summed E-state index contributed by atoms with van der Waals surface area (Å²) >= 11 is 1.42. The summed E-state index contributed by atoms with van der Waals surface area (Å²) in [6, 6.07) is 18.7. The molecule has 2 N–H and O–H groups in total. The van der Waals surface area contributed by atoms with Crippen LogP contribution in [0.3, 0.4) is 0 Å². The first-order valence-corrected chi connectivity index (χ1v) is 14.5. The van der Waals surface area contributed by atoms with E-state index in [1.807, 2.05) is 0 Å². The first-order chi connectivity index (χ1) is 17.7. The second-order valence-corrected chi connectivity index (χ2v) is 12.3. The number of nitrogens with zero attached hydrogens (tertiary/aromatic N) is 1. The number of hydrogen-bond acceptors (Lipinski definition) is 7. The molecule has 1 fully saturated rings. The van der Waals surface area contributed by atoms with E-state index in [1.54, 1.807) is 73.7 Å². The molecule has 1 aromatic heterocycles. The molecule has 7 nitrogen and oxygen atoms in total. The molecule has 0 bridgehead atoms. The Bertz CT molecular complexity index is 1530. The summed E-state index contributed by atoms with van der Waals surface area (Å²) in [5, 5.41) is 20.4. The zero-order valence-corrected chi connectivity index (χ0v) is 21.9. The predicted molar refractivity (Wildman–Crippen MR) is 145 cm³/mol. The number of sulfonamides is 1. The molecule has 3 aromatic carbocycles. The Labute approximate surface area is 219 Å². The Morgan fingerprint density at radius 1 is 0.973 bits per heavy atom. The van der Waals surface area contributed by atoms with Crippen LogP contribution in [0, 0.1) is 0 Å². The Kier molecular flexibility index (Phi) is 6.94.